The molecule has 2 N–H and O–H groups in total. The van der Waals surface area contributed by atoms with Crippen molar-refractivity contribution in [3.63, 3.8) is 0 Å². The standard InChI is InChI=1S/C15H24F3N3O3/c1-5-11(6-2)8-23-13-9(3)20-21(10(13)4)7-12(19)24-14(22)15(16,17)18/h11-12H,5-8,19H2,1-4H3. The second-order valence-corrected chi connectivity index (χ2v) is 5.62. The van der Waals surface area contributed by atoms with Crippen LogP contribution >= 0.6 is 0 Å². The van der Waals surface area contributed by atoms with Crippen molar-refractivity contribution in [2.45, 2.75) is 59.5 Å². The summed E-state index contributed by atoms with van der Waals surface area (Å²) >= 11 is 0. The molecule has 0 aromatic carbocycles. The minimum atomic E-state index is -5.07. The second kappa shape index (κ2) is 8.36. The third-order valence-corrected chi connectivity index (χ3v) is 3.78. The van der Waals surface area contributed by atoms with Crippen LogP contribution < -0.4 is 10.5 Å². The number of hydrogen-bond acceptors (Lipinski definition) is 5. The minimum absolute atomic E-state index is 0.192. The Morgan fingerprint density at radius 2 is 1.88 bits per heavy atom. The molecule has 0 aliphatic heterocycles. The highest BCUT2D eigenvalue weighted by Crippen LogP contribution is 2.24. The summed E-state index contributed by atoms with van der Waals surface area (Å²) in [6.45, 7) is 7.96. The molecule has 1 aromatic heterocycles. The molecule has 1 aromatic rings. The molecule has 1 rings (SSSR count). The van der Waals surface area contributed by atoms with Gasteiger partial charge in [-0.05, 0) is 19.8 Å². The van der Waals surface area contributed by atoms with Crippen molar-refractivity contribution < 1.29 is 27.4 Å². The molecule has 0 amide bonds. The topological polar surface area (TPSA) is 79.4 Å². The fourth-order valence-electron chi connectivity index (χ4n) is 2.20. The third kappa shape index (κ3) is 5.40. The van der Waals surface area contributed by atoms with Crippen LogP contribution in [0.15, 0.2) is 0 Å². The molecule has 24 heavy (non-hydrogen) atoms. The van der Waals surface area contributed by atoms with Gasteiger partial charge in [-0.15, -0.1) is 0 Å². The van der Waals surface area contributed by atoms with E-state index in [4.69, 9.17) is 10.5 Å². The molecule has 138 valence electrons. The zero-order valence-corrected chi connectivity index (χ0v) is 14.3. The smallest absolute Gasteiger partial charge is 0.489 e. The van der Waals surface area contributed by atoms with E-state index in [9.17, 15) is 18.0 Å². The Labute approximate surface area is 139 Å². The van der Waals surface area contributed by atoms with Crippen LogP contribution in [0.25, 0.3) is 0 Å². The second-order valence-electron chi connectivity index (χ2n) is 5.62. The van der Waals surface area contributed by atoms with Crippen molar-refractivity contribution in [2.75, 3.05) is 6.61 Å². The lowest BCUT2D eigenvalue weighted by molar-refractivity contribution is -0.205. The SMILES string of the molecule is CCC(CC)COc1c(C)nn(CC(N)OC(=O)C(F)(F)F)c1C. The number of hydrogen-bond donors (Lipinski definition) is 1. The van der Waals surface area contributed by atoms with Crippen LogP contribution in [0.5, 0.6) is 5.75 Å². The maximum Gasteiger partial charge on any atom is 0.490 e. The Morgan fingerprint density at radius 1 is 1.29 bits per heavy atom. The van der Waals surface area contributed by atoms with Gasteiger partial charge in [-0.2, -0.15) is 18.3 Å². The average Bonchev–Trinajstić information content (AvgIpc) is 2.74. The predicted molar refractivity (Wildman–Crippen MR) is 81.4 cm³/mol. The molecule has 0 bridgehead atoms. The van der Waals surface area contributed by atoms with Crippen molar-refractivity contribution in [1.29, 1.82) is 0 Å². The van der Waals surface area contributed by atoms with Gasteiger partial charge in [-0.25, -0.2) is 4.79 Å². The first-order valence-electron chi connectivity index (χ1n) is 7.80. The van der Waals surface area contributed by atoms with E-state index >= 15 is 0 Å². The van der Waals surface area contributed by atoms with Crippen LogP contribution in [0.4, 0.5) is 13.2 Å². The van der Waals surface area contributed by atoms with Gasteiger partial charge in [0.25, 0.3) is 0 Å². The summed E-state index contributed by atoms with van der Waals surface area (Å²) in [4.78, 5) is 10.8. The van der Waals surface area contributed by atoms with Crippen LogP contribution in [0.3, 0.4) is 0 Å². The molecular formula is C15H24F3N3O3. The Hall–Kier alpha value is -1.77. The van der Waals surface area contributed by atoms with E-state index in [0.29, 0.717) is 29.7 Å². The van der Waals surface area contributed by atoms with Gasteiger partial charge in [-0.3, -0.25) is 10.4 Å². The van der Waals surface area contributed by atoms with Crippen LogP contribution in [-0.4, -0.2) is 34.8 Å². The van der Waals surface area contributed by atoms with Gasteiger partial charge in [0.1, 0.15) is 5.69 Å². The van der Waals surface area contributed by atoms with E-state index in [-0.39, 0.29) is 6.54 Å². The molecular weight excluding hydrogens is 327 g/mol. The van der Waals surface area contributed by atoms with E-state index in [0.717, 1.165) is 12.8 Å². The molecule has 9 heteroatoms. The van der Waals surface area contributed by atoms with Crippen molar-refractivity contribution in [3.05, 3.63) is 11.4 Å². The van der Waals surface area contributed by atoms with Gasteiger partial charge in [0.15, 0.2) is 12.0 Å². The minimum Gasteiger partial charge on any atom is -0.489 e. The zero-order valence-electron chi connectivity index (χ0n) is 14.3. The van der Waals surface area contributed by atoms with E-state index in [2.05, 4.69) is 23.7 Å². The fourth-order valence-corrected chi connectivity index (χ4v) is 2.20. The zero-order chi connectivity index (χ0) is 18.5. The number of halogens is 3. The number of nitrogens with two attached hydrogens (primary N) is 1. The lowest BCUT2D eigenvalue weighted by Crippen LogP contribution is -2.37. The first-order valence-corrected chi connectivity index (χ1v) is 7.80. The van der Waals surface area contributed by atoms with Crippen LogP contribution in [0.2, 0.25) is 0 Å². The van der Waals surface area contributed by atoms with Crippen molar-refractivity contribution in [2.24, 2.45) is 11.7 Å². The van der Waals surface area contributed by atoms with Gasteiger partial charge in [-0.1, -0.05) is 26.7 Å². The molecule has 1 heterocycles. The largest absolute Gasteiger partial charge is 0.490 e. The molecule has 0 fully saturated rings. The van der Waals surface area contributed by atoms with Crippen LogP contribution in [0.1, 0.15) is 38.1 Å². The van der Waals surface area contributed by atoms with Crippen LogP contribution in [0, 0.1) is 19.8 Å². The van der Waals surface area contributed by atoms with Gasteiger partial charge in [0.2, 0.25) is 0 Å². The van der Waals surface area contributed by atoms with Crippen LogP contribution in [-0.2, 0) is 16.1 Å². The Kier molecular flexibility index (Phi) is 7.07. The lowest BCUT2D eigenvalue weighted by atomic mass is 10.1. The normalized spacial score (nSPS) is 13.2. The summed E-state index contributed by atoms with van der Waals surface area (Å²) in [5.41, 5.74) is 6.68. The molecule has 6 nitrogen and oxygen atoms in total. The molecule has 0 spiro atoms. The molecule has 0 radical (unpaired) electrons. The first-order chi connectivity index (χ1) is 11.1. The van der Waals surface area contributed by atoms with E-state index in [1.54, 1.807) is 13.8 Å². The molecule has 0 aliphatic rings. The summed E-state index contributed by atoms with van der Waals surface area (Å²) in [6, 6.07) is 0. The summed E-state index contributed by atoms with van der Waals surface area (Å²) in [5, 5.41) is 4.19. The van der Waals surface area contributed by atoms with Gasteiger partial charge in [0, 0.05) is 0 Å². The third-order valence-electron chi connectivity index (χ3n) is 3.78. The van der Waals surface area contributed by atoms with E-state index in [1.165, 1.54) is 4.68 Å². The molecule has 0 saturated carbocycles. The van der Waals surface area contributed by atoms with E-state index < -0.39 is 18.4 Å². The highest BCUT2D eigenvalue weighted by molar-refractivity contribution is 5.75. The summed E-state index contributed by atoms with van der Waals surface area (Å²) in [6.07, 6.45) is -4.55. The predicted octanol–water partition coefficient (Wildman–Crippen LogP) is 2.71. The number of aromatic nitrogens is 2. The highest BCUT2D eigenvalue weighted by Gasteiger charge is 2.42. The molecule has 1 atom stereocenters. The Morgan fingerprint density at radius 3 is 2.38 bits per heavy atom. The quantitative estimate of drug-likeness (QED) is 0.575. The van der Waals surface area contributed by atoms with Gasteiger partial charge < -0.3 is 9.47 Å². The first kappa shape index (κ1) is 20.3. The number of nitrogens with zero attached hydrogens (tertiary/aromatic N) is 2. The molecule has 0 aliphatic carbocycles. The highest BCUT2D eigenvalue weighted by atomic mass is 19.4. The van der Waals surface area contributed by atoms with Crippen molar-refractivity contribution in [1.82, 2.24) is 9.78 Å². The van der Waals surface area contributed by atoms with Crippen molar-refractivity contribution in [3.8, 4) is 5.75 Å². The van der Waals surface area contributed by atoms with E-state index in [1.807, 2.05) is 0 Å². The summed E-state index contributed by atoms with van der Waals surface area (Å²) < 4.78 is 47.8. The Bertz CT molecular complexity index is 554. The number of carbonyl (C=O) groups is 1. The summed E-state index contributed by atoms with van der Waals surface area (Å²) in [5.74, 6) is -1.32. The Balaban J connectivity index is 2.73. The summed E-state index contributed by atoms with van der Waals surface area (Å²) in [7, 11) is 0. The number of ether oxygens (including phenoxy) is 2. The molecule has 1 unspecified atom stereocenters. The number of esters is 1. The number of rotatable bonds is 8. The van der Waals surface area contributed by atoms with Gasteiger partial charge in [0.05, 0.1) is 18.8 Å². The maximum atomic E-state index is 12.2. The average molecular weight is 351 g/mol. The fraction of sp³-hybridized carbons (Fsp3) is 0.733. The number of aryl methyl sites for hydroxylation is 1. The van der Waals surface area contributed by atoms with Crippen molar-refractivity contribution >= 4 is 5.97 Å². The number of carbonyl (C=O) groups excluding carboxylic acids is 1. The maximum absolute atomic E-state index is 12.2. The molecule has 0 saturated heterocycles. The van der Waals surface area contributed by atoms with Gasteiger partial charge >= 0.3 is 12.1 Å². The lowest BCUT2D eigenvalue weighted by Gasteiger charge is -2.16. The number of alkyl halides is 3. The monoisotopic (exact) mass is 351 g/mol.